The van der Waals surface area contributed by atoms with Crippen LogP contribution in [0, 0.1) is 13.8 Å². The van der Waals surface area contributed by atoms with E-state index in [1.165, 1.54) is 12.4 Å². The van der Waals surface area contributed by atoms with Gasteiger partial charge in [0.25, 0.3) is 0 Å². The standard InChI is InChI=1S/C18H16ClN5O/c1-12-9-13(2)24(23-12)17-10-16(20-11-21-17)22-18(25)8-7-14-5-3-4-6-15(14)19/h3-11H,1-2H3,(H,20,21,22,25)/b8-7+. The molecule has 0 radical (unpaired) electrons. The number of halogens is 1. The molecular formula is C18H16ClN5O. The summed E-state index contributed by atoms with van der Waals surface area (Å²) in [6.07, 6.45) is 4.45. The second kappa shape index (κ2) is 7.27. The first-order valence-corrected chi connectivity index (χ1v) is 8.00. The van der Waals surface area contributed by atoms with Gasteiger partial charge in [-0.05, 0) is 37.6 Å². The van der Waals surface area contributed by atoms with E-state index in [-0.39, 0.29) is 5.91 Å². The Hall–Kier alpha value is -2.99. The highest BCUT2D eigenvalue weighted by Crippen LogP contribution is 2.16. The fourth-order valence-electron chi connectivity index (χ4n) is 2.34. The van der Waals surface area contributed by atoms with Crippen molar-refractivity contribution in [1.82, 2.24) is 19.7 Å². The number of carbonyl (C=O) groups is 1. The lowest BCUT2D eigenvalue weighted by Crippen LogP contribution is -2.11. The molecule has 25 heavy (non-hydrogen) atoms. The zero-order chi connectivity index (χ0) is 17.8. The van der Waals surface area contributed by atoms with E-state index >= 15 is 0 Å². The van der Waals surface area contributed by atoms with Gasteiger partial charge in [0.2, 0.25) is 5.91 Å². The fraction of sp³-hybridized carbons (Fsp3) is 0.111. The molecule has 0 spiro atoms. The first-order valence-electron chi connectivity index (χ1n) is 7.62. The van der Waals surface area contributed by atoms with Crippen molar-refractivity contribution in [3.05, 3.63) is 70.8 Å². The molecule has 2 aromatic heterocycles. The van der Waals surface area contributed by atoms with Gasteiger partial charge < -0.3 is 5.32 Å². The summed E-state index contributed by atoms with van der Waals surface area (Å²) in [7, 11) is 0. The predicted molar refractivity (Wildman–Crippen MR) is 97.7 cm³/mol. The van der Waals surface area contributed by atoms with Gasteiger partial charge in [-0.3, -0.25) is 4.79 Å². The maximum absolute atomic E-state index is 12.1. The van der Waals surface area contributed by atoms with Gasteiger partial charge in [-0.25, -0.2) is 14.6 Å². The summed E-state index contributed by atoms with van der Waals surface area (Å²) < 4.78 is 1.70. The van der Waals surface area contributed by atoms with Crippen molar-refractivity contribution in [2.45, 2.75) is 13.8 Å². The Labute approximate surface area is 150 Å². The summed E-state index contributed by atoms with van der Waals surface area (Å²) in [6, 6.07) is 10.9. The van der Waals surface area contributed by atoms with E-state index in [0.29, 0.717) is 16.7 Å². The molecule has 0 saturated heterocycles. The lowest BCUT2D eigenvalue weighted by molar-refractivity contribution is -0.111. The average Bonchev–Trinajstić information content (AvgIpc) is 2.93. The summed E-state index contributed by atoms with van der Waals surface area (Å²) in [6.45, 7) is 3.85. The van der Waals surface area contributed by atoms with Crippen LogP contribution < -0.4 is 5.32 Å². The Bertz CT molecular complexity index is 948. The molecule has 3 rings (SSSR count). The maximum atomic E-state index is 12.1. The van der Waals surface area contributed by atoms with Gasteiger partial charge in [-0.2, -0.15) is 5.10 Å². The van der Waals surface area contributed by atoms with Crippen LogP contribution >= 0.6 is 11.6 Å². The fourth-order valence-corrected chi connectivity index (χ4v) is 2.53. The van der Waals surface area contributed by atoms with Crippen LogP contribution in [-0.4, -0.2) is 25.7 Å². The number of anilines is 1. The largest absolute Gasteiger partial charge is 0.307 e. The zero-order valence-electron chi connectivity index (χ0n) is 13.8. The summed E-state index contributed by atoms with van der Waals surface area (Å²) in [5.74, 6) is 0.676. The Kier molecular flexibility index (Phi) is 4.90. The van der Waals surface area contributed by atoms with Gasteiger partial charge in [-0.1, -0.05) is 29.8 Å². The highest BCUT2D eigenvalue weighted by molar-refractivity contribution is 6.32. The van der Waals surface area contributed by atoms with E-state index < -0.39 is 0 Å². The molecule has 126 valence electrons. The molecule has 2 heterocycles. The maximum Gasteiger partial charge on any atom is 0.249 e. The van der Waals surface area contributed by atoms with Crippen LogP contribution in [0.1, 0.15) is 17.0 Å². The van der Waals surface area contributed by atoms with Crippen molar-refractivity contribution in [3.63, 3.8) is 0 Å². The third kappa shape index (κ3) is 4.10. The highest BCUT2D eigenvalue weighted by Gasteiger charge is 2.07. The molecule has 0 fully saturated rings. The van der Waals surface area contributed by atoms with Crippen LogP contribution in [-0.2, 0) is 4.79 Å². The summed E-state index contributed by atoms with van der Waals surface area (Å²) >= 11 is 6.06. The van der Waals surface area contributed by atoms with Crippen molar-refractivity contribution in [1.29, 1.82) is 0 Å². The molecule has 0 saturated carbocycles. The van der Waals surface area contributed by atoms with E-state index in [4.69, 9.17) is 11.6 Å². The number of aryl methyl sites for hydroxylation is 2. The number of benzene rings is 1. The molecule has 0 aliphatic carbocycles. The molecule has 0 unspecified atom stereocenters. The lowest BCUT2D eigenvalue weighted by atomic mass is 10.2. The minimum Gasteiger partial charge on any atom is -0.307 e. The monoisotopic (exact) mass is 353 g/mol. The van der Waals surface area contributed by atoms with E-state index in [9.17, 15) is 4.79 Å². The molecule has 7 heteroatoms. The van der Waals surface area contributed by atoms with E-state index in [2.05, 4.69) is 20.4 Å². The van der Waals surface area contributed by atoms with Crippen LogP contribution in [0.4, 0.5) is 5.82 Å². The van der Waals surface area contributed by atoms with Crippen molar-refractivity contribution >= 4 is 29.4 Å². The van der Waals surface area contributed by atoms with E-state index in [1.54, 1.807) is 22.9 Å². The molecule has 0 aliphatic rings. The number of carbonyl (C=O) groups excluding carboxylic acids is 1. The second-order valence-corrected chi connectivity index (χ2v) is 5.85. The van der Waals surface area contributed by atoms with Crippen LogP contribution in [0.5, 0.6) is 0 Å². The number of nitrogens with one attached hydrogen (secondary N) is 1. The van der Waals surface area contributed by atoms with Crippen molar-refractivity contribution in [2.24, 2.45) is 0 Å². The van der Waals surface area contributed by atoms with Crippen LogP contribution in [0.25, 0.3) is 11.9 Å². The first kappa shape index (κ1) is 16.9. The Morgan fingerprint density at radius 2 is 2.00 bits per heavy atom. The molecule has 1 N–H and O–H groups in total. The van der Waals surface area contributed by atoms with Gasteiger partial charge in [0.05, 0.1) is 5.69 Å². The zero-order valence-corrected chi connectivity index (χ0v) is 14.5. The number of nitrogens with zero attached hydrogens (tertiary/aromatic N) is 4. The minimum atomic E-state index is -0.307. The van der Waals surface area contributed by atoms with Crippen LogP contribution in [0.2, 0.25) is 5.02 Å². The van der Waals surface area contributed by atoms with E-state index in [0.717, 1.165) is 17.0 Å². The second-order valence-electron chi connectivity index (χ2n) is 5.44. The molecule has 0 atom stereocenters. The lowest BCUT2D eigenvalue weighted by Gasteiger charge is -2.06. The number of rotatable bonds is 4. The smallest absolute Gasteiger partial charge is 0.249 e. The molecule has 6 nitrogen and oxygen atoms in total. The molecule has 3 aromatic rings. The third-order valence-corrected chi connectivity index (χ3v) is 3.79. The van der Waals surface area contributed by atoms with Gasteiger partial charge >= 0.3 is 0 Å². The quantitative estimate of drug-likeness (QED) is 0.727. The number of hydrogen-bond acceptors (Lipinski definition) is 4. The van der Waals surface area contributed by atoms with E-state index in [1.807, 2.05) is 38.1 Å². The van der Waals surface area contributed by atoms with Gasteiger partial charge in [-0.15, -0.1) is 0 Å². The summed E-state index contributed by atoms with van der Waals surface area (Å²) in [5, 5.41) is 7.66. The number of aromatic nitrogens is 4. The SMILES string of the molecule is Cc1cc(C)n(-c2cc(NC(=O)/C=C/c3ccccc3Cl)ncn2)n1. The predicted octanol–water partition coefficient (Wildman–Crippen LogP) is 3.58. The van der Waals surface area contributed by atoms with Gasteiger partial charge in [0, 0.05) is 22.9 Å². The normalized spacial score (nSPS) is 11.0. The van der Waals surface area contributed by atoms with Crippen molar-refractivity contribution < 1.29 is 4.79 Å². The Balaban J connectivity index is 1.75. The number of hydrogen-bond donors (Lipinski definition) is 1. The third-order valence-electron chi connectivity index (χ3n) is 3.45. The molecule has 0 aliphatic heterocycles. The van der Waals surface area contributed by atoms with Gasteiger partial charge in [0.1, 0.15) is 12.1 Å². The first-order chi connectivity index (χ1) is 12.0. The van der Waals surface area contributed by atoms with Crippen molar-refractivity contribution in [2.75, 3.05) is 5.32 Å². The topological polar surface area (TPSA) is 72.7 Å². The molecule has 1 amide bonds. The van der Waals surface area contributed by atoms with Gasteiger partial charge in [0.15, 0.2) is 5.82 Å². The van der Waals surface area contributed by atoms with Crippen LogP contribution in [0.3, 0.4) is 0 Å². The highest BCUT2D eigenvalue weighted by atomic mass is 35.5. The Morgan fingerprint density at radius 3 is 2.72 bits per heavy atom. The average molecular weight is 354 g/mol. The summed E-state index contributed by atoms with van der Waals surface area (Å²) in [5.41, 5.74) is 2.61. The Morgan fingerprint density at radius 1 is 1.20 bits per heavy atom. The molecular weight excluding hydrogens is 338 g/mol. The minimum absolute atomic E-state index is 0.307. The number of amides is 1. The molecule has 0 bridgehead atoms. The summed E-state index contributed by atoms with van der Waals surface area (Å²) in [4.78, 5) is 20.4. The molecule has 1 aromatic carbocycles. The van der Waals surface area contributed by atoms with Crippen LogP contribution in [0.15, 0.2) is 48.8 Å². The van der Waals surface area contributed by atoms with Crippen molar-refractivity contribution in [3.8, 4) is 5.82 Å².